The van der Waals surface area contributed by atoms with Gasteiger partial charge in [-0.25, -0.2) is 4.79 Å². The molecule has 0 aliphatic heterocycles. The van der Waals surface area contributed by atoms with Crippen LogP contribution in [0.1, 0.15) is 45.6 Å². The van der Waals surface area contributed by atoms with Crippen molar-refractivity contribution in [1.82, 2.24) is 5.32 Å². The summed E-state index contributed by atoms with van der Waals surface area (Å²) in [5.74, 6) is 0. The number of nitrogens with zero attached hydrogens (tertiary/aromatic N) is 3. The minimum Gasteiger partial charge on any atom is -0.444 e. The van der Waals surface area contributed by atoms with Crippen LogP contribution in [0.15, 0.2) is 35.4 Å². The number of azide groups is 1. The lowest BCUT2D eigenvalue weighted by Crippen LogP contribution is -2.42. The second-order valence-electron chi connectivity index (χ2n) is 9.33. The van der Waals surface area contributed by atoms with Gasteiger partial charge >= 0.3 is 6.09 Å². The Morgan fingerprint density at radius 2 is 1.65 bits per heavy atom. The van der Waals surface area contributed by atoms with Crippen molar-refractivity contribution in [2.45, 2.75) is 70.4 Å². The Kier molecular flexibility index (Phi) is 13.3. The number of carbonyl (C=O) groups is 1. The summed E-state index contributed by atoms with van der Waals surface area (Å²) >= 11 is 0. The summed E-state index contributed by atoms with van der Waals surface area (Å²) in [4.78, 5) is 15.2. The summed E-state index contributed by atoms with van der Waals surface area (Å²) in [6, 6.07) is 7.60. The number of hydrogen-bond donors (Lipinski definition) is 1. The van der Waals surface area contributed by atoms with Gasteiger partial charge in [0, 0.05) is 4.91 Å². The van der Waals surface area contributed by atoms with Crippen molar-refractivity contribution in [3.63, 3.8) is 0 Å². The molecule has 0 aromatic heterocycles. The predicted octanol–water partition coefficient (Wildman–Crippen LogP) is 3.27. The predicted molar refractivity (Wildman–Crippen MR) is 137 cm³/mol. The molecule has 37 heavy (non-hydrogen) atoms. The van der Waals surface area contributed by atoms with E-state index in [-0.39, 0.29) is 39.1 Å². The highest BCUT2D eigenvalue weighted by molar-refractivity contribution is 7.86. The lowest BCUT2D eigenvalue weighted by Gasteiger charge is -2.27. The Hall–Kier alpha value is -2.42. The number of rotatable bonds is 16. The highest BCUT2D eigenvalue weighted by atomic mass is 32.2. The molecule has 1 rings (SSSR count). The third-order valence-electron chi connectivity index (χ3n) is 4.65. The fourth-order valence-electron chi connectivity index (χ4n) is 3.11. The van der Waals surface area contributed by atoms with Crippen LogP contribution in [0, 0.1) is 0 Å². The summed E-state index contributed by atoms with van der Waals surface area (Å²) < 4.78 is 66.7. The van der Waals surface area contributed by atoms with Crippen molar-refractivity contribution < 1.29 is 39.5 Å². The van der Waals surface area contributed by atoms with Crippen LogP contribution in [0.4, 0.5) is 4.79 Å². The van der Waals surface area contributed by atoms with Crippen LogP contribution in [-0.4, -0.2) is 72.4 Å². The minimum atomic E-state index is -3.79. The molecule has 13 nitrogen and oxygen atoms in total. The second kappa shape index (κ2) is 15.1. The monoisotopic (exact) mass is 564 g/mol. The first-order chi connectivity index (χ1) is 17.1. The van der Waals surface area contributed by atoms with Crippen LogP contribution in [0.3, 0.4) is 0 Å². The van der Waals surface area contributed by atoms with E-state index in [1.807, 2.05) is 30.3 Å². The maximum Gasteiger partial charge on any atom is 0.407 e. The Balaban J connectivity index is 3.01. The highest BCUT2D eigenvalue weighted by Crippen LogP contribution is 2.19. The van der Waals surface area contributed by atoms with Gasteiger partial charge < -0.3 is 14.8 Å². The Labute approximate surface area is 218 Å². The average molecular weight is 565 g/mol. The number of alkyl carbamates (subject to hydrolysis) is 1. The molecule has 0 heterocycles. The molecule has 0 spiro atoms. The van der Waals surface area contributed by atoms with Crippen molar-refractivity contribution in [3.8, 4) is 0 Å². The minimum absolute atomic E-state index is 0.0909. The summed E-state index contributed by atoms with van der Waals surface area (Å²) in [7, 11) is -7.49. The number of amides is 1. The van der Waals surface area contributed by atoms with Crippen LogP contribution in [0.2, 0.25) is 0 Å². The Bertz CT molecular complexity index is 1100. The zero-order chi connectivity index (χ0) is 28.1. The smallest absolute Gasteiger partial charge is 0.407 e. The summed E-state index contributed by atoms with van der Waals surface area (Å²) in [5.41, 5.74) is 9.22. The van der Waals surface area contributed by atoms with Gasteiger partial charge in [0.05, 0.1) is 50.5 Å². The van der Waals surface area contributed by atoms with Gasteiger partial charge in [0.15, 0.2) is 0 Å². The first kappa shape index (κ1) is 32.6. The maximum absolute atomic E-state index is 12.3. The van der Waals surface area contributed by atoms with Gasteiger partial charge in [0.2, 0.25) is 0 Å². The SMILES string of the molecule is CC(C)(C)OC(=O)N[C@@H](CC[C@H](N=[N+]=[N-])[C@H](CCOS(C)(=O)=O)OCc1ccccc1)COS(C)(=O)=O. The fourth-order valence-corrected chi connectivity index (χ4v) is 3.92. The topological polar surface area (TPSA) is 183 Å². The first-order valence-electron chi connectivity index (χ1n) is 11.5. The lowest BCUT2D eigenvalue weighted by molar-refractivity contribution is 0.00783. The van der Waals surface area contributed by atoms with Crippen molar-refractivity contribution in [2.24, 2.45) is 5.11 Å². The maximum atomic E-state index is 12.3. The molecular weight excluding hydrogens is 528 g/mol. The van der Waals surface area contributed by atoms with E-state index in [1.54, 1.807) is 20.8 Å². The van der Waals surface area contributed by atoms with Crippen molar-refractivity contribution in [2.75, 3.05) is 25.7 Å². The number of hydrogen-bond acceptors (Lipinski definition) is 10. The molecule has 1 aromatic rings. The number of carbonyl (C=O) groups excluding carboxylic acids is 1. The van der Waals surface area contributed by atoms with Crippen LogP contribution in [-0.2, 0) is 44.7 Å². The molecule has 0 fully saturated rings. The highest BCUT2D eigenvalue weighted by Gasteiger charge is 2.26. The second-order valence-corrected chi connectivity index (χ2v) is 12.6. The summed E-state index contributed by atoms with van der Waals surface area (Å²) in [5, 5.41) is 6.39. The molecule has 0 aliphatic rings. The third-order valence-corrected chi connectivity index (χ3v) is 5.81. The van der Waals surface area contributed by atoms with E-state index in [0.29, 0.717) is 0 Å². The lowest BCUT2D eigenvalue weighted by atomic mass is 10.0. The first-order valence-corrected chi connectivity index (χ1v) is 15.1. The van der Waals surface area contributed by atoms with E-state index in [2.05, 4.69) is 15.3 Å². The third kappa shape index (κ3) is 16.9. The van der Waals surface area contributed by atoms with E-state index < -0.39 is 50.1 Å². The Morgan fingerprint density at radius 1 is 1.03 bits per heavy atom. The molecule has 3 atom stereocenters. The molecule has 1 N–H and O–H groups in total. The van der Waals surface area contributed by atoms with E-state index >= 15 is 0 Å². The fraction of sp³-hybridized carbons (Fsp3) is 0.682. The molecule has 210 valence electrons. The van der Waals surface area contributed by atoms with Gasteiger partial charge in [0.1, 0.15) is 5.60 Å². The average Bonchev–Trinajstić information content (AvgIpc) is 2.75. The number of benzene rings is 1. The summed E-state index contributed by atoms with van der Waals surface area (Å²) in [6.45, 7) is 4.64. The molecule has 0 saturated heterocycles. The molecule has 0 bridgehead atoms. The van der Waals surface area contributed by atoms with Crippen LogP contribution in [0.25, 0.3) is 10.4 Å². The molecular formula is C22H36N4O9S2. The van der Waals surface area contributed by atoms with Crippen molar-refractivity contribution >= 4 is 26.3 Å². The van der Waals surface area contributed by atoms with Gasteiger partial charge in [0.25, 0.3) is 20.2 Å². The molecule has 0 radical (unpaired) electrons. The van der Waals surface area contributed by atoms with Gasteiger partial charge in [-0.15, -0.1) is 0 Å². The molecule has 0 unspecified atom stereocenters. The molecule has 1 amide bonds. The van der Waals surface area contributed by atoms with Crippen LogP contribution < -0.4 is 5.32 Å². The number of ether oxygens (including phenoxy) is 2. The molecule has 1 aromatic carbocycles. The van der Waals surface area contributed by atoms with E-state index in [9.17, 15) is 21.6 Å². The van der Waals surface area contributed by atoms with Gasteiger partial charge in [-0.3, -0.25) is 8.37 Å². The number of nitrogens with one attached hydrogen (secondary N) is 1. The van der Waals surface area contributed by atoms with Gasteiger partial charge in [-0.05, 0) is 51.1 Å². The zero-order valence-electron chi connectivity index (χ0n) is 21.7. The zero-order valence-corrected chi connectivity index (χ0v) is 23.3. The normalized spacial score (nSPS) is 14.7. The molecule has 15 heteroatoms. The standard InChI is InChI=1S/C22H36N4O9S2/c1-22(2,3)35-21(27)24-18(16-34-37(5,30)31)11-12-19(25-26-23)20(13-14-33-36(4,28)29)32-15-17-9-7-6-8-10-17/h6-10,18-20H,11-16H2,1-5H3,(H,24,27)/t18-,19-,20-/m0/s1. The molecule has 0 saturated carbocycles. The van der Waals surface area contributed by atoms with E-state index in [1.165, 1.54) is 0 Å². The van der Waals surface area contributed by atoms with Crippen molar-refractivity contribution in [3.05, 3.63) is 46.3 Å². The van der Waals surface area contributed by atoms with Crippen LogP contribution in [0.5, 0.6) is 0 Å². The van der Waals surface area contributed by atoms with E-state index in [4.69, 9.17) is 23.4 Å². The van der Waals surface area contributed by atoms with Gasteiger partial charge in [-0.2, -0.15) is 16.8 Å². The largest absolute Gasteiger partial charge is 0.444 e. The molecule has 0 aliphatic carbocycles. The van der Waals surface area contributed by atoms with E-state index in [0.717, 1.165) is 18.1 Å². The summed E-state index contributed by atoms with van der Waals surface area (Å²) in [6.07, 6.45) is 0.673. The quantitative estimate of drug-likeness (QED) is 0.136. The van der Waals surface area contributed by atoms with Crippen LogP contribution >= 0.6 is 0 Å². The van der Waals surface area contributed by atoms with Gasteiger partial charge in [-0.1, -0.05) is 35.4 Å². The Morgan fingerprint density at radius 3 is 2.19 bits per heavy atom. The van der Waals surface area contributed by atoms with Crippen molar-refractivity contribution in [1.29, 1.82) is 0 Å².